The molecule has 0 aliphatic heterocycles. The van der Waals surface area contributed by atoms with Gasteiger partial charge < -0.3 is 0 Å². The van der Waals surface area contributed by atoms with E-state index < -0.39 is 5.82 Å². The van der Waals surface area contributed by atoms with Crippen molar-refractivity contribution in [3.63, 3.8) is 0 Å². The number of rotatable bonds is 3. The minimum absolute atomic E-state index is 0.0119. The van der Waals surface area contributed by atoms with Crippen LogP contribution in [0.15, 0.2) is 46.9 Å². The summed E-state index contributed by atoms with van der Waals surface area (Å²) in [5.74, 6) is -0.607. The van der Waals surface area contributed by atoms with Crippen LogP contribution in [0.25, 0.3) is 0 Å². The summed E-state index contributed by atoms with van der Waals surface area (Å²) in [6.45, 7) is 0. The topological polar surface area (TPSA) is 17.1 Å². The maximum atomic E-state index is 13.3. The monoisotopic (exact) mass is 326 g/mol. The van der Waals surface area contributed by atoms with Gasteiger partial charge in [-0.15, -0.1) is 0 Å². The Hall–Kier alpha value is -1.19. The maximum absolute atomic E-state index is 13.3. The first-order valence-electron chi connectivity index (χ1n) is 5.30. The number of hydrogen-bond donors (Lipinski definition) is 0. The SMILES string of the molecule is O=C(Cc1cccc(F)c1Cl)c1ccccc1Br. The lowest BCUT2D eigenvalue weighted by molar-refractivity contribution is 0.0992. The molecule has 0 aliphatic carbocycles. The van der Waals surface area contributed by atoms with E-state index in [9.17, 15) is 9.18 Å². The van der Waals surface area contributed by atoms with Gasteiger partial charge >= 0.3 is 0 Å². The Labute approximate surface area is 118 Å². The Bertz CT molecular complexity index is 598. The molecule has 92 valence electrons. The lowest BCUT2D eigenvalue weighted by Gasteiger charge is -2.06. The van der Waals surface area contributed by atoms with Gasteiger partial charge in [-0.05, 0) is 17.7 Å². The molecule has 1 nitrogen and oxygen atoms in total. The molecule has 0 spiro atoms. The van der Waals surface area contributed by atoms with Gasteiger partial charge in [-0.1, -0.05) is 57.9 Å². The number of Topliss-reactive ketones (excluding diaryl/α,β-unsaturated/α-hetero) is 1. The number of carbonyl (C=O) groups is 1. The van der Waals surface area contributed by atoms with Gasteiger partial charge in [0, 0.05) is 16.5 Å². The number of ketones is 1. The number of benzene rings is 2. The van der Waals surface area contributed by atoms with E-state index in [-0.39, 0.29) is 17.2 Å². The highest BCUT2D eigenvalue weighted by molar-refractivity contribution is 9.10. The Morgan fingerprint density at radius 3 is 2.61 bits per heavy atom. The Balaban J connectivity index is 2.27. The Morgan fingerprint density at radius 2 is 1.89 bits per heavy atom. The minimum atomic E-state index is -0.505. The summed E-state index contributed by atoms with van der Waals surface area (Å²) in [5.41, 5.74) is 1.07. The van der Waals surface area contributed by atoms with Crippen molar-refractivity contribution < 1.29 is 9.18 Å². The van der Waals surface area contributed by atoms with Crippen LogP contribution in [0.4, 0.5) is 4.39 Å². The molecule has 2 rings (SSSR count). The molecule has 0 saturated carbocycles. The van der Waals surface area contributed by atoms with Crippen LogP contribution in [0.1, 0.15) is 15.9 Å². The standard InChI is InChI=1S/C14H9BrClFO/c15-11-6-2-1-5-10(11)13(18)8-9-4-3-7-12(17)14(9)16/h1-7H,8H2. The zero-order chi connectivity index (χ0) is 13.1. The van der Waals surface area contributed by atoms with Crippen LogP contribution in [0.3, 0.4) is 0 Å². The zero-order valence-corrected chi connectivity index (χ0v) is 11.6. The van der Waals surface area contributed by atoms with E-state index in [1.165, 1.54) is 6.07 Å². The highest BCUT2D eigenvalue weighted by Crippen LogP contribution is 2.23. The first-order valence-corrected chi connectivity index (χ1v) is 6.47. The van der Waals surface area contributed by atoms with Crippen LogP contribution < -0.4 is 0 Å². The van der Waals surface area contributed by atoms with Gasteiger partial charge in [0.25, 0.3) is 0 Å². The Kier molecular flexibility index (Phi) is 4.15. The molecule has 0 atom stereocenters. The van der Waals surface area contributed by atoms with Gasteiger partial charge in [0.2, 0.25) is 0 Å². The van der Waals surface area contributed by atoms with Gasteiger partial charge in [0.15, 0.2) is 5.78 Å². The predicted octanol–water partition coefficient (Wildman–Crippen LogP) is 4.67. The van der Waals surface area contributed by atoms with Crippen molar-refractivity contribution in [3.05, 3.63) is 68.9 Å². The smallest absolute Gasteiger partial charge is 0.168 e. The average molecular weight is 328 g/mol. The summed E-state index contributed by atoms with van der Waals surface area (Å²) in [5, 5.41) is 0.0119. The predicted molar refractivity (Wildman–Crippen MR) is 73.6 cm³/mol. The molecular weight excluding hydrogens is 319 g/mol. The van der Waals surface area contributed by atoms with E-state index in [1.54, 1.807) is 30.3 Å². The highest BCUT2D eigenvalue weighted by atomic mass is 79.9. The van der Waals surface area contributed by atoms with Crippen molar-refractivity contribution in [2.24, 2.45) is 0 Å². The summed E-state index contributed by atoms with van der Waals surface area (Å²) < 4.78 is 14.0. The molecule has 18 heavy (non-hydrogen) atoms. The molecule has 0 N–H and O–H groups in total. The molecule has 0 saturated heterocycles. The average Bonchev–Trinajstić information content (AvgIpc) is 2.35. The van der Waals surface area contributed by atoms with Gasteiger partial charge in [-0.2, -0.15) is 0 Å². The second-order valence-electron chi connectivity index (χ2n) is 3.79. The van der Waals surface area contributed by atoms with Crippen molar-refractivity contribution in [1.29, 1.82) is 0 Å². The zero-order valence-electron chi connectivity index (χ0n) is 9.29. The molecule has 0 aliphatic rings. The van der Waals surface area contributed by atoms with Crippen LogP contribution in [-0.4, -0.2) is 5.78 Å². The lowest BCUT2D eigenvalue weighted by atomic mass is 10.0. The van der Waals surface area contributed by atoms with Crippen molar-refractivity contribution in [1.82, 2.24) is 0 Å². The number of halogens is 3. The number of hydrogen-bond acceptors (Lipinski definition) is 1. The molecule has 0 unspecified atom stereocenters. The van der Waals surface area contributed by atoms with E-state index in [2.05, 4.69) is 15.9 Å². The van der Waals surface area contributed by atoms with Gasteiger partial charge in [-0.25, -0.2) is 4.39 Å². The third-order valence-electron chi connectivity index (χ3n) is 2.56. The molecular formula is C14H9BrClFO. The second-order valence-corrected chi connectivity index (χ2v) is 5.03. The van der Waals surface area contributed by atoms with Crippen LogP contribution >= 0.6 is 27.5 Å². The van der Waals surface area contributed by atoms with E-state index in [1.807, 2.05) is 6.07 Å². The first-order chi connectivity index (χ1) is 8.59. The lowest BCUT2D eigenvalue weighted by Crippen LogP contribution is -2.05. The van der Waals surface area contributed by atoms with Crippen LogP contribution in [0.5, 0.6) is 0 Å². The third-order valence-corrected chi connectivity index (χ3v) is 3.67. The third kappa shape index (κ3) is 2.79. The summed E-state index contributed by atoms with van der Waals surface area (Å²) in [6.07, 6.45) is 0.0825. The second kappa shape index (κ2) is 5.63. The molecule has 0 amide bonds. The van der Waals surface area contributed by atoms with Gasteiger partial charge in [-0.3, -0.25) is 4.79 Å². The summed E-state index contributed by atoms with van der Waals surface area (Å²) >= 11 is 9.14. The van der Waals surface area contributed by atoms with Crippen LogP contribution in [-0.2, 0) is 6.42 Å². The molecule has 2 aromatic carbocycles. The maximum Gasteiger partial charge on any atom is 0.168 e. The molecule has 0 radical (unpaired) electrons. The van der Waals surface area contributed by atoms with Crippen LogP contribution in [0, 0.1) is 5.82 Å². The Morgan fingerprint density at radius 1 is 1.17 bits per heavy atom. The largest absolute Gasteiger partial charge is 0.294 e. The van der Waals surface area contributed by atoms with Crippen molar-refractivity contribution >= 4 is 33.3 Å². The van der Waals surface area contributed by atoms with E-state index in [4.69, 9.17) is 11.6 Å². The van der Waals surface area contributed by atoms with Crippen molar-refractivity contribution in [2.75, 3.05) is 0 Å². The quantitative estimate of drug-likeness (QED) is 0.749. The molecule has 0 aromatic heterocycles. The van der Waals surface area contributed by atoms with Crippen molar-refractivity contribution in [3.8, 4) is 0 Å². The highest BCUT2D eigenvalue weighted by Gasteiger charge is 2.13. The summed E-state index contributed by atoms with van der Waals surface area (Å²) in [7, 11) is 0. The van der Waals surface area contributed by atoms with E-state index in [0.717, 1.165) is 4.47 Å². The van der Waals surface area contributed by atoms with Crippen molar-refractivity contribution in [2.45, 2.75) is 6.42 Å². The van der Waals surface area contributed by atoms with Gasteiger partial charge in [0.05, 0.1) is 5.02 Å². The molecule has 0 fully saturated rings. The minimum Gasteiger partial charge on any atom is -0.294 e. The van der Waals surface area contributed by atoms with Gasteiger partial charge in [0.1, 0.15) is 5.82 Å². The fourth-order valence-electron chi connectivity index (χ4n) is 1.64. The van der Waals surface area contributed by atoms with E-state index in [0.29, 0.717) is 11.1 Å². The molecule has 0 heterocycles. The molecule has 4 heteroatoms. The van der Waals surface area contributed by atoms with Crippen LogP contribution in [0.2, 0.25) is 5.02 Å². The molecule has 0 bridgehead atoms. The fourth-order valence-corrected chi connectivity index (χ4v) is 2.34. The number of carbonyl (C=O) groups excluding carboxylic acids is 1. The summed E-state index contributed by atoms with van der Waals surface area (Å²) in [6, 6.07) is 11.6. The summed E-state index contributed by atoms with van der Waals surface area (Å²) in [4.78, 5) is 12.1. The first kappa shape index (κ1) is 13.2. The normalized spacial score (nSPS) is 10.4. The van der Waals surface area contributed by atoms with E-state index >= 15 is 0 Å². The molecule has 2 aromatic rings. The fraction of sp³-hybridized carbons (Fsp3) is 0.0714.